The van der Waals surface area contributed by atoms with Crippen LogP contribution in [-0.4, -0.2) is 38.2 Å². The Morgan fingerprint density at radius 3 is 2.60 bits per heavy atom. The summed E-state index contributed by atoms with van der Waals surface area (Å²) >= 11 is 1.33. The van der Waals surface area contributed by atoms with Crippen LogP contribution in [-0.2, 0) is 6.42 Å². The second-order valence-corrected chi connectivity index (χ2v) is 9.43. The summed E-state index contributed by atoms with van der Waals surface area (Å²) in [5, 5.41) is 14.9. The van der Waals surface area contributed by atoms with E-state index < -0.39 is 0 Å². The Morgan fingerprint density at radius 2 is 1.94 bits per heavy atom. The summed E-state index contributed by atoms with van der Waals surface area (Å²) in [6.45, 7) is 8.04. The van der Waals surface area contributed by atoms with E-state index in [2.05, 4.69) is 42.3 Å². The van der Waals surface area contributed by atoms with Crippen molar-refractivity contribution in [1.82, 2.24) is 10.3 Å². The summed E-state index contributed by atoms with van der Waals surface area (Å²) in [6, 6.07) is 12.8. The maximum absolute atomic E-state index is 13.4. The number of fused-ring (bicyclic) bond motifs is 1. The van der Waals surface area contributed by atoms with E-state index in [1.807, 2.05) is 11.9 Å². The van der Waals surface area contributed by atoms with Gasteiger partial charge in [0.1, 0.15) is 33.8 Å². The maximum Gasteiger partial charge on any atom is 0.191 e. The number of rotatable bonds is 5. The predicted molar refractivity (Wildman–Crippen MR) is 143 cm³/mol. The van der Waals surface area contributed by atoms with Gasteiger partial charge in [0.15, 0.2) is 5.13 Å². The van der Waals surface area contributed by atoms with Crippen LogP contribution in [0.3, 0.4) is 0 Å². The molecule has 4 aromatic rings. The van der Waals surface area contributed by atoms with Crippen molar-refractivity contribution in [3.8, 4) is 17.3 Å². The number of hydrogen-bond acceptors (Lipinski definition) is 7. The highest BCUT2D eigenvalue weighted by Crippen LogP contribution is 2.43. The first-order valence-electron chi connectivity index (χ1n) is 11.4. The van der Waals surface area contributed by atoms with E-state index in [0.29, 0.717) is 15.7 Å². The summed E-state index contributed by atoms with van der Waals surface area (Å²) in [5.41, 5.74) is 5.43. The number of benzene rings is 2. The van der Waals surface area contributed by atoms with Gasteiger partial charge < -0.3 is 19.5 Å². The van der Waals surface area contributed by atoms with Crippen LogP contribution in [0.25, 0.3) is 22.2 Å². The average molecular weight is 512 g/mol. The SMILES string of the molecule is CCc1oc2c(C)cc(N3CCNCC3)cc2c1N(C)c1nc(-c2ccc(F)cc2)c(C#N)s1.Cl. The van der Waals surface area contributed by atoms with Crippen molar-refractivity contribution in [3.63, 3.8) is 0 Å². The second kappa shape index (κ2) is 10.2. The number of anilines is 3. The van der Waals surface area contributed by atoms with Gasteiger partial charge in [0.25, 0.3) is 0 Å². The maximum atomic E-state index is 13.4. The third kappa shape index (κ3) is 4.59. The summed E-state index contributed by atoms with van der Waals surface area (Å²) in [7, 11) is 1.96. The van der Waals surface area contributed by atoms with E-state index in [1.54, 1.807) is 12.1 Å². The Labute approximate surface area is 214 Å². The van der Waals surface area contributed by atoms with Crippen LogP contribution in [0, 0.1) is 24.1 Å². The molecule has 2 aromatic carbocycles. The van der Waals surface area contributed by atoms with Crippen LogP contribution in [0.15, 0.2) is 40.8 Å². The van der Waals surface area contributed by atoms with Crippen molar-refractivity contribution in [2.24, 2.45) is 0 Å². The number of hydrogen-bond donors (Lipinski definition) is 1. The number of nitrogens with zero attached hydrogens (tertiary/aromatic N) is 4. The molecule has 0 atom stereocenters. The average Bonchev–Trinajstić information content (AvgIpc) is 3.46. The van der Waals surface area contributed by atoms with Crippen molar-refractivity contribution in [2.75, 3.05) is 43.0 Å². The normalized spacial score (nSPS) is 13.5. The van der Waals surface area contributed by atoms with Crippen molar-refractivity contribution >= 4 is 51.2 Å². The van der Waals surface area contributed by atoms with Crippen LogP contribution < -0.4 is 15.1 Å². The molecule has 3 heterocycles. The fourth-order valence-electron chi connectivity index (χ4n) is 4.53. The van der Waals surface area contributed by atoms with E-state index >= 15 is 0 Å². The standard InChI is InChI=1S/C26H26FN5OS.ClH/c1-4-21-24(20-14-19(13-16(2)25(20)33-21)32-11-9-29-10-12-32)31(3)26-30-23(22(15-28)34-26)17-5-7-18(27)8-6-17;/h5-8,13-14,29H,4,9-12H2,1-3H3;1H. The Morgan fingerprint density at radius 1 is 1.23 bits per heavy atom. The highest BCUT2D eigenvalue weighted by atomic mass is 35.5. The van der Waals surface area contributed by atoms with Crippen LogP contribution >= 0.6 is 23.7 Å². The van der Waals surface area contributed by atoms with Crippen LogP contribution in [0.5, 0.6) is 0 Å². The molecular formula is C26H27ClFN5OS. The third-order valence-corrected chi connectivity index (χ3v) is 7.30. The number of nitriles is 1. The molecule has 1 fully saturated rings. The van der Waals surface area contributed by atoms with E-state index in [0.717, 1.165) is 66.1 Å². The van der Waals surface area contributed by atoms with E-state index in [4.69, 9.17) is 9.40 Å². The van der Waals surface area contributed by atoms with Gasteiger partial charge in [0.2, 0.25) is 0 Å². The minimum atomic E-state index is -0.317. The van der Waals surface area contributed by atoms with Crippen molar-refractivity contribution in [1.29, 1.82) is 5.26 Å². The molecule has 6 nitrogen and oxygen atoms in total. The Kier molecular flexibility index (Phi) is 7.31. The summed E-state index contributed by atoms with van der Waals surface area (Å²) in [5.74, 6) is 0.568. The molecule has 0 aliphatic carbocycles. The van der Waals surface area contributed by atoms with Gasteiger partial charge in [-0.2, -0.15) is 5.26 Å². The smallest absolute Gasteiger partial charge is 0.191 e. The van der Waals surface area contributed by atoms with Crippen molar-refractivity contribution in [3.05, 3.63) is 58.4 Å². The van der Waals surface area contributed by atoms with Crippen LogP contribution in [0.4, 0.5) is 20.9 Å². The number of piperazine rings is 1. The van der Waals surface area contributed by atoms with E-state index in [1.165, 1.54) is 29.2 Å². The van der Waals surface area contributed by atoms with Gasteiger partial charge >= 0.3 is 0 Å². The molecule has 35 heavy (non-hydrogen) atoms. The molecule has 1 aliphatic rings. The van der Waals surface area contributed by atoms with Gasteiger partial charge in [0.05, 0.1) is 5.69 Å². The zero-order valence-corrected chi connectivity index (χ0v) is 21.5. The van der Waals surface area contributed by atoms with Crippen molar-refractivity contribution in [2.45, 2.75) is 20.3 Å². The summed E-state index contributed by atoms with van der Waals surface area (Å²) in [6.07, 6.45) is 0.734. The lowest BCUT2D eigenvalue weighted by Gasteiger charge is -2.30. The number of halogens is 2. The zero-order valence-electron chi connectivity index (χ0n) is 19.9. The van der Waals surface area contributed by atoms with Gasteiger partial charge in [-0.05, 0) is 48.9 Å². The lowest BCUT2D eigenvalue weighted by atomic mass is 10.1. The van der Waals surface area contributed by atoms with Gasteiger partial charge in [-0.15, -0.1) is 12.4 Å². The molecule has 9 heteroatoms. The Balaban J connectivity index is 0.00000289. The fraction of sp³-hybridized carbons (Fsp3) is 0.308. The molecule has 1 aliphatic heterocycles. The quantitative estimate of drug-likeness (QED) is 0.352. The molecule has 0 bridgehead atoms. The Bertz CT molecular complexity index is 1390. The number of furan rings is 1. The monoisotopic (exact) mass is 511 g/mol. The van der Waals surface area contributed by atoms with E-state index in [-0.39, 0.29) is 18.2 Å². The Hall–Kier alpha value is -3.12. The van der Waals surface area contributed by atoms with Crippen LogP contribution in [0.2, 0.25) is 0 Å². The molecule has 0 spiro atoms. The van der Waals surface area contributed by atoms with Gasteiger partial charge in [0, 0.05) is 56.3 Å². The van der Waals surface area contributed by atoms with E-state index in [9.17, 15) is 9.65 Å². The molecule has 182 valence electrons. The molecule has 1 saturated heterocycles. The fourth-order valence-corrected chi connectivity index (χ4v) is 5.38. The summed E-state index contributed by atoms with van der Waals surface area (Å²) in [4.78, 5) is 9.71. The third-order valence-electron chi connectivity index (χ3n) is 6.26. The zero-order chi connectivity index (χ0) is 23.8. The van der Waals surface area contributed by atoms with Gasteiger partial charge in [-0.1, -0.05) is 18.3 Å². The minimum Gasteiger partial charge on any atom is -0.459 e. The van der Waals surface area contributed by atoms with Crippen LogP contribution in [0.1, 0.15) is 23.1 Å². The predicted octanol–water partition coefficient (Wildman–Crippen LogP) is 6.04. The number of aromatic nitrogens is 1. The lowest BCUT2D eigenvalue weighted by Crippen LogP contribution is -2.43. The first kappa shape index (κ1) is 25.0. The molecule has 1 N–H and O–H groups in total. The minimum absolute atomic E-state index is 0. The molecular weight excluding hydrogens is 485 g/mol. The molecule has 0 radical (unpaired) electrons. The molecule has 5 rings (SSSR count). The molecule has 0 amide bonds. The molecule has 0 unspecified atom stereocenters. The van der Waals surface area contributed by atoms with Gasteiger partial charge in [-0.25, -0.2) is 9.37 Å². The second-order valence-electron chi connectivity index (χ2n) is 8.46. The number of nitrogens with one attached hydrogen (secondary N) is 1. The highest BCUT2D eigenvalue weighted by molar-refractivity contribution is 7.16. The highest BCUT2D eigenvalue weighted by Gasteiger charge is 2.24. The largest absolute Gasteiger partial charge is 0.459 e. The van der Waals surface area contributed by atoms with Gasteiger partial charge in [-0.3, -0.25) is 0 Å². The van der Waals surface area contributed by atoms with Crippen molar-refractivity contribution < 1.29 is 8.81 Å². The lowest BCUT2D eigenvalue weighted by molar-refractivity contribution is 0.555. The topological polar surface area (TPSA) is 68.3 Å². The molecule has 0 saturated carbocycles. The summed E-state index contributed by atoms with van der Waals surface area (Å²) < 4.78 is 19.8. The number of thiazole rings is 1. The number of aryl methyl sites for hydroxylation is 2. The molecule has 2 aromatic heterocycles. The first-order chi connectivity index (χ1) is 16.5. The first-order valence-corrected chi connectivity index (χ1v) is 12.2.